The molecule has 2 aromatic heterocycles. The zero-order valence-electron chi connectivity index (χ0n) is 18.3. The second-order valence-electron chi connectivity index (χ2n) is 9.18. The quantitative estimate of drug-likeness (QED) is 0.443. The van der Waals surface area contributed by atoms with Gasteiger partial charge in [0.25, 0.3) is 5.56 Å². The van der Waals surface area contributed by atoms with Crippen LogP contribution >= 0.6 is 11.6 Å². The maximum atomic E-state index is 13.9. The molecule has 2 aliphatic carbocycles. The molecule has 0 saturated heterocycles. The van der Waals surface area contributed by atoms with Gasteiger partial charge in [0.2, 0.25) is 6.04 Å². The van der Waals surface area contributed by atoms with E-state index in [9.17, 15) is 9.18 Å². The first kappa shape index (κ1) is 21.9. The van der Waals surface area contributed by atoms with Crippen molar-refractivity contribution in [2.24, 2.45) is 5.92 Å². The number of nitrogens with one attached hydrogen (secondary N) is 3. The van der Waals surface area contributed by atoms with Crippen LogP contribution in [0.3, 0.4) is 0 Å². The molecule has 5 rings (SSSR count). The summed E-state index contributed by atoms with van der Waals surface area (Å²) >= 11 is 5.79. The average Bonchev–Trinajstić information content (AvgIpc) is 3.59. The number of rotatable bonds is 6. The predicted octanol–water partition coefficient (Wildman–Crippen LogP) is 5.03. The number of nitrogens with zero attached hydrogens (tertiary/aromatic N) is 3. The van der Waals surface area contributed by atoms with Crippen LogP contribution in [-0.4, -0.2) is 32.9 Å². The number of pyridine rings is 1. The molecule has 3 aromatic rings. The first-order chi connectivity index (χ1) is 15.9. The van der Waals surface area contributed by atoms with E-state index in [-0.39, 0.29) is 22.7 Å². The van der Waals surface area contributed by atoms with Gasteiger partial charge in [-0.05, 0) is 62.8 Å². The Morgan fingerprint density at radius 1 is 1.30 bits per heavy atom. The van der Waals surface area contributed by atoms with Gasteiger partial charge in [-0.2, -0.15) is 5.10 Å². The lowest BCUT2D eigenvalue weighted by molar-refractivity contribution is 0.252. The summed E-state index contributed by atoms with van der Waals surface area (Å²) < 4.78 is 15.8. The van der Waals surface area contributed by atoms with E-state index in [1.165, 1.54) is 25.0 Å². The molecule has 2 fully saturated rings. The van der Waals surface area contributed by atoms with Crippen molar-refractivity contribution in [3.8, 4) is 0 Å². The van der Waals surface area contributed by atoms with Crippen LogP contribution in [0.5, 0.6) is 0 Å². The second-order valence-corrected chi connectivity index (χ2v) is 9.59. The van der Waals surface area contributed by atoms with Crippen molar-refractivity contribution >= 4 is 34.0 Å². The molecule has 0 amide bonds. The first-order valence-corrected chi connectivity index (χ1v) is 11.8. The van der Waals surface area contributed by atoms with Gasteiger partial charge < -0.3 is 20.5 Å². The molecule has 172 valence electrons. The standard InChI is InChI=1S/C24H26ClFN6O/c1-13(14-3-4-14)29-16-6-8-20(19(12-16)27-2)32-21-9-10-28-24(33)22(21)23(31-32)30-15-5-7-17(25)18(26)11-15/h5,7,9-11,13-14,16,19-20,29H,3-4,6,8,12H2,1H3,(H,28,33)(H,30,31)/t13-,16+,19-,20-/m0/s1. The number of hydrogen-bond donors (Lipinski definition) is 3. The van der Waals surface area contributed by atoms with Gasteiger partial charge in [0.15, 0.2) is 5.82 Å². The van der Waals surface area contributed by atoms with Crippen molar-refractivity contribution in [3.05, 3.63) is 63.1 Å². The average molecular weight is 469 g/mol. The topological polar surface area (TPSA) is 79.1 Å². The SMILES string of the molecule is [C-]#[N+][C@H]1C[C@H](N[C@@H](C)C2CC2)CC[C@@H]1n1nc(Nc2ccc(Cl)c(F)c2)c2c(=O)[nH]ccc21. The van der Waals surface area contributed by atoms with Gasteiger partial charge in [0.1, 0.15) is 17.2 Å². The van der Waals surface area contributed by atoms with E-state index in [1.807, 2.05) is 4.68 Å². The Bertz CT molecular complexity index is 1280. The Morgan fingerprint density at radius 2 is 2.12 bits per heavy atom. The van der Waals surface area contributed by atoms with Gasteiger partial charge >= 0.3 is 0 Å². The van der Waals surface area contributed by atoms with E-state index in [2.05, 4.69) is 27.4 Å². The summed E-state index contributed by atoms with van der Waals surface area (Å²) in [6.45, 7) is 10.1. The highest BCUT2D eigenvalue weighted by Gasteiger charge is 2.39. The van der Waals surface area contributed by atoms with Gasteiger partial charge in [-0.25, -0.2) is 11.0 Å². The van der Waals surface area contributed by atoms with Crippen LogP contribution in [0.25, 0.3) is 15.7 Å². The zero-order chi connectivity index (χ0) is 23.1. The highest BCUT2D eigenvalue weighted by molar-refractivity contribution is 6.30. The fourth-order valence-electron chi connectivity index (χ4n) is 4.96. The number of benzene rings is 1. The number of hydrogen-bond acceptors (Lipinski definition) is 4. The molecule has 9 heteroatoms. The summed E-state index contributed by atoms with van der Waals surface area (Å²) in [5.74, 6) is 0.542. The van der Waals surface area contributed by atoms with Crippen LogP contribution < -0.4 is 16.2 Å². The number of anilines is 2. The van der Waals surface area contributed by atoms with E-state index < -0.39 is 5.82 Å². The molecule has 4 atom stereocenters. The van der Waals surface area contributed by atoms with Crippen molar-refractivity contribution in [1.29, 1.82) is 0 Å². The first-order valence-electron chi connectivity index (χ1n) is 11.4. The molecule has 2 saturated carbocycles. The van der Waals surface area contributed by atoms with E-state index in [4.69, 9.17) is 23.3 Å². The summed E-state index contributed by atoms with van der Waals surface area (Å²) in [6.07, 6.45) is 6.66. The Morgan fingerprint density at radius 3 is 2.85 bits per heavy atom. The van der Waals surface area contributed by atoms with Crippen molar-refractivity contribution < 1.29 is 4.39 Å². The summed E-state index contributed by atoms with van der Waals surface area (Å²) in [4.78, 5) is 19.3. The molecular weight excluding hydrogens is 443 g/mol. The number of aromatic amines is 1. The maximum Gasteiger partial charge on any atom is 0.261 e. The highest BCUT2D eigenvalue weighted by atomic mass is 35.5. The van der Waals surface area contributed by atoms with Crippen LogP contribution in [0, 0.1) is 18.3 Å². The molecule has 1 aromatic carbocycles. The van der Waals surface area contributed by atoms with Crippen LogP contribution in [0.15, 0.2) is 35.3 Å². The third-order valence-corrected chi connectivity index (χ3v) is 7.21. The summed E-state index contributed by atoms with van der Waals surface area (Å²) in [5.41, 5.74) is 0.811. The second kappa shape index (κ2) is 8.81. The molecule has 0 bridgehead atoms. The van der Waals surface area contributed by atoms with Gasteiger partial charge in [0.05, 0.1) is 10.5 Å². The lowest BCUT2D eigenvalue weighted by Crippen LogP contribution is -2.44. The van der Waals surface area contributed by atoms with Crippen molar-refractivity contribution in [2.75, 3.05) is 5.32 Å². The zero-order valence-corrected chi connectivity index (χ0v) is 19.1. The van der Waals surface area contributed by atoms with Crippen LogP contribution in [-0.2, 0) is 0 Å². The highest BCUT2D eigenvalue weighted by Crippen LogP contribution is 2.37. The van der Waals surface area contributed by atoms with Gasteiger partial charge in [-0.1, -0.05) is 11.6 Å². The molecule has 7 nitrogen and oxygen atoms in total. The Labute approximate surface area is 196 Å². The van der Waals surface area contributed by atoms with E-state index >= 15 is 0 Å². The molecule has 0 radical (unpaired) electrons. The largest absolute Gasteiger partial charge is 0.338 e. The number of H-pyrrole nitrogens is 1. The van der Waals surface area contributed by atoms with Crippen molar-refractivity contribution in [2.45, 2.75) is 63.2 Å². The van der Waals surface area contributed by atoms with Gasteiger partial charge in [-0.3, -0.25) is 9.48 Å². The smallest absolute Gasteiger partial charge is 0.261 e. The van der Waals surface area contributed by atoms with Crippen LogP contribution in [0.4, 0.5) is 15.9 Å². The van der Waals surface area contributed by atoms with Crippen LogP contribution in [0.2, 0.25) is 5.02 Å². The van der Waals surface area contributed by atoms with E-state index in [0.29, 0.717) is 34.5 Å². The third-order valence-electron chi connectivity index (χ3n) is 6.90. The number of fused-ring (bicyclic) bond motifs is 1. The van der Waals surface area contributed by atoms with E-state index in [1.54, 1.807) is 18.3 Å². The summed E-state index contributed by atoms with van der Waals surface area (Å²) in [7, 11) is 0. The molecule has 0 spiro atoms. The van der Waals surface area contributed by atoms with Gasteiger partial charge in [0, 0.05) is 30.4 Å². The van der Waals surface area contributed by atoms with Crippen molar-refractivity contribution in [3.63, 3.8) is 0 Å². The minimum atomic E-state index is -0.557. The molecular formula is C24H26ClFN6O. The molecule has 33 heavy (non-hydrogen) atoms. The normalized spacial score (nSPS) is 23.9. The summed E-state index contributed by atoms with van der Waals surface area (Å²) in [6, 6.07) is 6.57. The monoisotopic (exact) mass is 468 g/mol. The fraction of sp³-hybridized carbons (Fsp3) is 0.458. The number of aromatic nitrogens is 3. The minimum Gasteiger partial charge on any atom is -0.338 e. The fourth-order valence-corrected chi connectivity index (χ4v) is 5.08. The summed E-state index contributed by atoms with van der Waals surface area (Å²) in [5, 5.41) is 11.9. The molecule has 0 unspecified atom stereocenters. The van der Waals surface area contributed by atoms with Crippen molar-refractivity contribution in [1.82, 2.24) is 20.1 Å². The predicted molar refractivity (Wildman–Crippen MR) is 127 cm³/mol. The van der Waals surface area contributed by atoms with Crippen LogP contribution in [0.1, 0.15) is 45.1 Å². The number of halogens is 2. The Balaban J connectivity index is 1.45. The third kappa shape index (κ3) is 4.35. The Hall–Kier alpha value is -2.89. The maximum absolute atomic E-state index is 13.9. The minimum absolute atomic E-state index is 0.0232. The Kier molecular flexibility index (Phi) is 5.85. The lowest BCUT2D eigenvalue weighted by Gasteiger charge is -2.32. The lowest BCUT2D eigenvalue weighted by atomic mass is 9.86. The molecule has 2 heterocycles. The molecule has 3 N–H and O–H groups in total. The van der Waals surface area contributed by atoms with Gasteiger partial charge in [-0.15, -0.1) is 0 Å². The molecule has 0 aliphatic heterocycles. The van der Waals surface area contributed by atoms with E-state index in [0.717, 1.165) is 25.2 Å². The molecule has 2 aliphatic rings.